The van der Waals surface area contributed by atoms with E-state index >= 15 is 0 Å². The summed E-state index contributed by atoms with van der Waals surface area (Å²) < 4.78 is 27.5. The van der Waals surface area contributed by atoms with Crippen LogP contribution < -0.4 is 10.2 Å². The Bertz CT molecular complexity index is 973. The van der Waals surface area contributed by atoms with E-state index in [0.29, 0.717) is 34.3 Å². The minimum atomic E-state index is -3.57. The number of nitrogens with zero attached hydrogens (tertiary/aromatic N) is 2. The molecule has 9 heteroatoms. The molecule has 3 rings (SSSR count). The van der Waals surface area contributed by atoms with Crippen molar-refractivity contribution in [2.75, 3.05) is 37.4 Å². The molecule has 0 radical (unpaired) electrons. The van der Waals surface area contributed by atoms with E-state index in [0.717, 1.165) is 10.6 Å². The lowest BCUT2D eigenvalue weighted by molar-refractivity contribution is -0.120. The molecule has 0 saturated carbocycles. The number of carbonyl (C=O) groups is 1. The number of hydrogen-bond donors (Lipinski definition) is 1. The predicted molar refractivity (Wildman–Crippen MR) is 115 cm³/mol. The van der Waals surface area contributed by atoms with Gasteiger partial charge < -0.3 is 10.2 Å². The third-order valence-electron chi connectivity index (χ3n) is 4.76. The van der Waals surface area contributed by atoms with Crippen LogP contribution in [0.1, 0.15) is 17.7 Å². The smallest absolute Gasteiger partial charge is 0.252 e. The molecule has 1 saturated heterocycles. The predicted octanol–water partition coefficient (Wildman–Crippen LogP) is 3.82. The van der Waals surface area contributed by atoms with Crippen LogP contribution in [0.15, 0.2) is 34.5 Å². The van der Waals surface area contributed by atoms with Crippen LogP contribution in [-0.4, -0.2) is 45.8 Å². The Morgan fingerprint density at radius 2 is 2.04 bits per heavy atom. The van der Waals surface area contributed by atoms with Gasteiger partial charge in [0.15, 0.2) is 0 Å². The topological polar surface area (TPSA) is 69.7 Å². The Hall–Kier alpha value is -1.61. The molecule has 1 N–H and O–H groups in total. The van der Waals surface area contributed by atoms with E-state index in [1.54, 1.807) is 24.3 Å². The van der Waals surface area contributed by atoms with Crippen LogP contribution in [-0.2, 0) is 14.8 Å². The van der Waals surface area contributed by atoms with Crippen molar-refractivity contribution in [1.29, 1.82) is 0 Å². The maximum Gasteiger partial charge on any atom is 0.252 e. The number of amides is 1. The Morgan fingerprint density at radius 3 is 2.68 bits per heavy atom. The first kappa shape index (κ1) is 21.1. The molecule has 1 unspecified atom stereocenters. The Labute approximate surface area is 175 Å². The normalized spacial score (nSPS) is 18.1. The first-order valence-electron chi connectivity index (χ1n) is 9.03. The zero-order chi connectivity index (χ0) is 20.5. The van der Waals surface area contributed by atoms with Gasteiger partial charge in [-0.25, -0.2) is 8.42 Å². The van der Waals surface area contributed by atoms with Crippen LogP contribution in [0.4, 0.5) is 11.4 Å². The quantitative estimate of drug-likeness (QED) is 0.765. The molecule has 0 aliphatic carbocycles. The van der Waals surface area contributed by atoms with Crippen LogP contribution >= 0.6 is 22.9 Å². The van der Waals surface area contributed by atoms with Gasteiger partial charge >= 0.3 is 0 Å². The monoisotopic (exact) mass is 441 g/mol. The van der Waals surface area contributed by atoms with Crippen LogP contribution in [0.2, 0.25) is 5.02 Å². The lowest BCUT2D eigenvalue weighted by Gasteiger charge is -2.31. The zero-order valence-corrected chi connectivity index (χ0v) is 18.5. The number of carbonyl (C=O) groups excluding carboxylic acids is 1. The molecule has 1 atom stereocenters. The summed E-state index contributed by atoms with van der Waals surface area (Å²) in [5, 5.41) is 3.46. The maximum atomic E-state index is 12.9. The van der Waals surface area contributed by atoms with Gasteiger partial charge in [0.05, 0.1) is 17.3 Å². The van der Waals surface area contributed by atoms with Gasteiger partial charge in [0.2, 0.25) is 5.91 Å². The van der Waals surface area contributed by atoms with Gasteiger partial charge in [-0.3, -0.25) is 4.79 Å². The van der Waals surface area contributed by atoms with Crippen molar-refractivity contribution in [2.24, 2.45) is 5.92 Å². The number of sulfonamides is 1. The summed E-state index contributed by atoms with van der Waals surface area (Å²) in [5.74, 6) is -0.591. The van der Waals surface area contributed by atoms with Crippen molar-refractivity contribution >= 4 is 50.2 Å². The number of halogens is 1. The molecule has 1 aromatic heterocycles. The van der Waals surface area contributed by atoms with Crippen molar-refractivity contribution in [3.8, 4) is 0 Å². The Kier molecular flexibility index (Phi) is 6.34. The summed E-state index contributed by atoms with van der Waals surface area (Å²) in [7, 11) is 0.205. The first-order chi connectivity index (χ1) is 13.2. The van der Waals surface area contributed by atoms with Crippen LogP contribution in [0.25, 0.3) is 0 Å². The minimum Gasteiger partial charge on any atom is -0.376 e. The second kappa shape index (κ2) is 8.41. The van der Waals surface area contributed by atoms with E-state index in [1.807, 2.05) is 32.0 Å². The van der Waals surface area contributed by atoms with Crippen molar-refractivity contribution < 1.29 is 13.2 Å². The molecule has 1 aliphatic heterocycles. The fourth-order valence-electron chi connectivity index (χ4n) is 3.29. The summed E-state index contributed by atoms with van der Waals surface area (Å²) in [6.07, 6.45) is 1.30. The largest absolute Gasteiger partial charge is 0.376 e. The average molecular weight is 442 g/mol. The first-order valence-corrected chi connectivity index (χ1v) is 11.7. The Balaban J connectivity index is 1.76. The summed E-state index contributed by atoms with van der Waals surface area (Å²) >= 11 is 7.34. The number of piperidine rings is 1. The zero-order valence-electron chi connectivity index (χ0n) is 16.1. The maximum absolute atomic E-state index is 12.9. The number of aryl methyl sites for hydroxylation is 1. The van der Waals surface area contributed by atoms with Crippen LogP contribution in [0, 0.1) is 12.8 Å². The lowest BCUT2D eigenvalue weighted by Crippen LogP contribution is -2.43. The fourth-order valence-corrected chi connectivity index (χ4v) is 6.42. The van der Waals surface area contributed by atoms with Gasteiger partial charge in [-0.05, 0) is 50.1 Å². The van der Waals surface area contributed by atoms with E-state index < -0.39 is 15.9 Å². The van der Waals surface area contributed by atoms with Gasteiger partial charge in [-0.2, -0.15) is 4.31 Å². The highest BCUT2D eigenvalue weighted by molar-refractivity contribution is 7.91. The van der Waals surface area contributed by atoms with Crippen LogP contribution in [0.5, 0.6) is 0 Å². The highest BCUT2D eigenvalue weighted by atomic mass is 35.5. The molecule has 1 fully saturated rings. The number of hydrogen-bond acceptors (Lipinski definition) is 5. The highest BCUT2D eigenvalue weighted by Crippen LogP contribution is 2.31. The van der Waals surface area contributed by atoms with Gasteiger partial charge in [0.25, 0.3) is 10.0 Å². The molecule has 6 nitrogen and oxygen atoms in total. The average Bonchev–Trinajstić information content (AvgIpc) is 3.09. The highest BCUT2D eigenvalue weighted by Gasteiger charge is 2.34. The fraction of sp³-hybridized carbons (Fsp3) is 0.421. The second-order valence-electron chi connectivity index (χ2n) is 7.11. The number of anilines is 2. The number of benzene rings is 1. The standard InChI is InChI=1S/C19H24ClN3O3S2/c1-13-6-9-18(27-13)28(25,26)23-10-4-5-14(12-23)19(24)21-16-11-15(20)7-8-17(16)22(2)3/h6-9,11,14H,4-5,10,12H2,1-3H3,(H,21,24). The molecule has 28 heavy (non-hydrogen) atoms. The van der Waals surface area contributed by atoms with Gasteiger partial charge in [0.1, 0.15) is 4.21 Å². The minimum absolute atomic E-state index is 0.184. The molecule has 2 aromatic rings. The van der Waals surface area contributed by atoms with Crippen LogP contribution in [0.3, 0.4) is 0 Å². The molecule has 152 valence electrons. The molecule has 0 spiro atoms. The van der Waals surface area contributed by atoms with E-state index in [-0.39, 0.29) is 12.5 Å². The second-order valence-corrected chi connectivity index (χ2v) is 11.0. The summed E-state index contributed by atoms with van der Waals surface area (Å²) in [6, 6.07) is 8.75. The van der Waals surface area contributed by atoms with Gasteiger partial charge in [0, 0.05) is 37.1 Å². The van der Waals surface area contributed by atoms with E-state index in [1.165, 1.54) is 15.6 Å². The van der Waals surface area contributed by atoms with Gasteiger partial charge in [-0.15, -0.1) is 11.3 Å². The molecule has 1 amide bonds. The van der Waals surface area contributed by atoms with E-state index in [2.05, 4.69) is 5.32 Å². The molecule has 2 heterocycles. The summed E-state index contributed by atoms with van der Waals surface area (Å²) in [4.78, 5) is 15.7. The van der Waals surface area contributed by atoms with E-state index in [9.17, 15) is 13.2 Å². The van der Waals surface area contributed by atoms with E-state index in [4.69, 9.17) is 11.6 Å². The van der Waals surface area contributed by atoms with Crippen molar-refractivity contribution in [2.45, 2.75) is 24.0 Å². The summed E-state index contributed by atoms with van der Waals surface area (Å²) in [6.45, 7) is 2.50. The van der Waals surface area contributed by atoms with Crippen molar-refractivity contribution in [3.63, 3.8) is 0 Å². The lowest BCUT2D eigenvalue weighted by atomic mass is 9.98. The van der Waals surface area contributed by atoms with Crippen molar-refractivity contribution in [3.05, 3.63) is 40.2 Å². The third kappa shape index (κ3) is 4.51. The molecular weight excluding hydrogens is 418 g/mol. The van der Waals surface area contributed by atoms with Gasteiger partial charge in [-0.1, -0.05) is 11.6 Å². The SMILES string of the molecule is Cc1ccc(S(=O)(=O)N2CCCC(C(=O)Nc3cc(Cl)ccc3N(C)C)C2)s1. The number of thiophene rings is 1. The Morgan fingerprint density at radius 1 is 1.29 bits per heavy atom. The number of rotatable bonds is 5. The third-order valence-corrected chi connectivity index (χ3v) is 8.33. The summed E-state index contributed by atoms with van der Waals surface area (Å²) in [5.41, 5.74) is 1.46. The molecular formula is C19H24ClN3O3S2. The molecule has 0 bridgehead atoms. The number of nitrogens with one attached hydrogen (secondary N) is 1. The molecule has 1 aliphatic rings. The van der Waals surface area contributed by atoms with Crippen molar-refractivity contribution in [1.82, 2.24) is 4.31 Å². The molecule has 1 aromatic carbocycles.